The minimum absolute atomic E-state index is 0.0208. The zero-order valence-corrected chi connectivity index (χ0v) is 18.2. The van der Waals surface area contributed by atoms with Crippen molar-refractivity contribution in [1.82, 2.24) is 10.9 Å². The van der Waals surface area contributed by atoms with Gasteiger partial charge in [0.05, 0.1) is 21.4 Å². The van der Waals surface area contributed by atoms with Gasteiger partial charge in [-0.3, -0.25) is 25.2 Å². The Morgan fingerprint density at radius 3 is 2.14 bits per heavy atom. The van der Waals surface area contributed by atoms with Gasteiger partial charge in [0.1, 0.15) is 0 Å². The molecular formula is C19H21Cl2N3O4S. The number of hydrogen-bond acceptors (Lipinski definition) is 4. The molecule has 0 spiro atoms. The molecule has 0 saturated carbocycles. The Hall–Kier alpha value is -2.29. The van der Waals surface area contributed by atoms with Crippen molar-refractivity contribution in [3.05, 3.63) is 58.1 Å². The van der Waals surface area contributed by atoms with Crippen LogP contribution in [0.2, 0.25) is 10.0 Å². The topological polar surface area (TPSA) is 104 Å². The predicted molar refractivity (Wildman–Crippen MR) is 113 cm³/mol. The second-order valence-electron chi connectivity index (χ2n) is 6.75. The number of amides is 2. The van der Waals surface area contributed by atoms with E-state index in [0.29, 0.717) is 17.7 Å². The first-order valence-corrected chi connectivity index (χ1v) is 10.9. The van der Waals surface area contributed by atoms with Crippen LogP contribution in [0.5, 0.6) is 0 Å². The van der Waals surface area contributed by atoms with E-state index in [1.807, 2.05) is 13.8 Å². The predicted octanol–water partition coefficient (Wildman–Crippen LogP) is 3.53. The van der Waals surface area contributed by atoms with E-state index in [-0.39, 0.29) is 39.1 Å². The fourth-order valence-electron chi connectivity index (χ4n) is 2.34. The van der Waals surface area contributed by atoms with Crippen molar-refractivity contribution in [3.63, 3.8) is 0 Å². The monoisotopic (exact) mass is 457 g/mol. The van der Waals surface area contributed by atoms with Crippen LogP contribution in [0.3, 0.4) is 0 Å². The number of carbonyl (C=O) groups is 2. The van der Waals surface area contributed by atoms with Gasteiger partial charge in [0, 0.05) is 12.1 Å². The van der Waals surface area contributed by atoms with Gasteiger partial charge < -0.3 is 0 Å². The largest absolute Gasteiger partial charge is 0.280 e. The van der Waals surface area contributed by atoms with Crippen molar-refractivity contribution in [2.75, 3.05) is 4.72 Å². The van der Waals surface area contributed by atoms with Gasteiger partial charge in [0.25, 0.3) is 10.0 Å². The molecule has 2 aromatic rings. The van der Waals surface area contributed by atoms with E-state index in [1.54, 1.807) is 12.1 Å². The molecule has 0 bridgehead atoms. The Kier molecular flexibility index (Phi) is 7.89. The van der Waals surface area contributed by atoms with Crippen LogP contribution in [0.15, 0.2) is 47.4 Å². The maximum absolute atomic E-state index is 12.4. The van der Waals surface area contributed by atoms with Crippen LogP contribution in [-0.4, -0.2) is 20.2 Å². The van der Waals surface area contributed by atoms with Crippen LogP contribution in [0.25, 0.3) is 0 Å². The average molecular weight is 458 g/mol. The molecule has 3 N–H and O–H groups in total. The van der Waals surface area contributed by atoms with Gasteiger partial charge in [0.15, 0.2) is 0 Å². The maximum atomic E-state index is 12.4. The summed E-state index contributed by atoms with van der Waals surface area (Å²) >= 11 is 11.7. The lowest BCUT2D eigenvalue weighted by Crippen LogP contribution is -2.42. The third-order valence-corrected chi connectivity index (χ3v) is 5.83. The average Bonchev–Trinajstić information content (AvgIpc) is 2.63. The first-order valence-electron chi connectivity index (χ1n) is 8.71. The fourth-order valence-corrected chi connectivity index (χ4v) is 3.79. The number of nitrogens with one attached hydrogen (secondary N) is 3. The fraction of sp³-hybridized carbons (Fsp3) is 0.263. The Labute approximate surface area is 179 Å². The summed E-state index contributed by atoms with van der Waals surface area (Å²) in [6.07, 6.45) is 0.343. The van der Waals surface area contributed by atoms with Gasteiger partial charge in [-0.15, -0.1) is 0 Å². The van der Waals surface area contributed by atoms with Gasteiger partial charge in [-0.2, -0.15) is 0 Å². The molecule has 0 aromatic heterocycles. The molecule has 0 fully saturated rings. The molecule has 0 unspecified atom stereocenters. The summed E-state index contributed by atoms with van der Waals surface area (Å²) in [4.78, 5) is 23.4. The molecule has 7 nitrogen and oxygen atoms in total. The SMILES string of the molecule is CC(C)CC(=O)NNC(=O)Cc1ccc(NS(=O)(=O)c2ccc(Cl)c(Cl)c2)cc1. The molecule has 0 saturated heterocycles. The maximum Gasteiger partial charge on any atom is 0.261 e. The van der Waals surface area contributed by atoms with E-state index >= 15 is 0 Å². The molecule has 2 rings (SSSR count). The molecule has 0 heterocycles. The minimum Gasteiger partial charge on any atom is -0.280 e. The highest BCUT2D eigenvalue weighted by Crippen LogP contribution is 2.26. The first kappa shape index (κ1) is 23.0. The molecule has 156 valence electrons. The van der Waals surface area contributed by atoms with Crippen molar-refractivity contribution >= 4 is 50.7 Å². The number of hydrazine groups is 1. The summed E-state index contributed by atoms with van der Waals surface area (Å²) in [5.74, 6) is -0.459. The quantitative estimate of drug-likeness (QED) is 0.552. The molecule has 0 aliphatic heterocycles. The van der Waals surface area contributed by atoms with E-state index in [1.165, 1.54) is 30.3 Å². The summed E-state index contributed by atoms with van der Waals surface area (Å²) in [6, 6.07) is 10.3. The standard InChI is InChI=1S/C19H21Cl2N3O4S/c1-12(2)9-18(25)22-23-19(26)10-13-3-5-14(6-4-13)24-29(27,28)15-7-8-16(20)17(21)11-15/h3-8,11-12,24H,9-10H2,1-2H3,(H,22,25)(H,23,26). The molecule has 0 aliphatic rings. The molecule has 29 heavy (non-hydrogen) atoms. The highest BCUT2D eigenvalue weighted by Gasteiger charge is 2.16. The second-order valence-corrected chi connectivity index (χ2v) is 9.25. The van der Waals surface area contributed by atoms with Crippen LogP contribution in [0.4, 0.5) is 5.69 Å². The summed E-state index contributed by atoms with van der Waals surface area (Å²) in [5.41, 5.74) is 5.68. The van der Waals surface area contributed by atoms with E-state index in [0.717, 1.165) is 0 Å². The number of anilines is 1. The number of hydrogen-bond donors (Lipinski definition) is 3. The van der Waals surface area contributed by atoms with Crippen LogP contribution < -0.4 is 15.6 Å². The van der Waals surface area contributed by atoms with Crippen LogP contribution >= 0.6 is 23.2 Å². The van der Waals surface area contributed by atoms with Crippen molar-refractivity contribution < 1.29 is 18.0 Å². The van der Waals surface area contributed by atoms with E-state index < -0.39 is 10.0 Å². The zero-order chi connectivity index (χ0) is 21.6. The van der Waals surface area contributed by atoms with E-state index in [2.05, 4.69) is 15.6 Å². The van der Waals surface area contributed by atoms with Crippen molar-refractivity contribution in [2.24, 2.45) is 5.92 Å². The van der Waals surface area contributed by atoms with Crippen LogP contribution in [0, 0.1) is 5.92 Å². The third-order valence-electron chi connectivity index (χ3n) is 3.71. The summed E-state index contributed by atoms with van der Waals surface area (Å²) < 4.78 is 27.3. The number of carbonyl (C=O) groups excluding carboxylic acids is 2. The lowest BCUT2D eigenvalue weighted by atomic mass is 10.1. The third kappa shape index (κ3) is 7.23. The van der Waals surface area contributed by atoms with Gasteiger partial charge >= 0.3 is 0 Å². The normalized spacial score (nSPS) is 11.2. The van der Waals surface area contributed by atoms with E-state index in [9.17, 15) is 18.0 Å². The van der Waals surface area contributed by atoms with Crippen LogP contribution in [0.1, 0.15) is 25.8 Å². The van der Waals surface area contributed by atoms with Crippen molar-refractivity contribution in [3.8, 4) is 0 Å². The van der Waals surface area contributed by atoms with Gasteiger partial charge in [-0.25, -0.2) is 8.42 Å². The second kappa shape index (κ2) is 9.96. The molecule has 0 radical (unpaired) electrons. The van der Waals surface area contributed by atoms with Gasteiger partial charge in [0.2, 0.25) is 11.8 Å². The Morgan fingerprint density at radius 2 is 1.55 bits per heavy atom. The molecule has 2 amide bonds. The molecule has 10 heteroatoms. The number of halogens is 2. The first-order chi connectivity index (χ1) is 13.6. The van der Waals surface area contributed by atoms with Gasteiger partial charge in [-0.1, -0.05) is 49.2 Å². The Morgan fingerprint density at radius 1 is 0.931 bits per heavy atom. The summed E-state index contributed by atoms with van der Waals surface area (Å²) in [5, 5.41) is 0.394. The van der Waals surface area contributed by atoms with Crippen molar-refractivity contribution in [1.29, 1.82) is 0 Å². The highest BCUT2D eigenvalue weighted by atomic mass is 35.5. The molecule has 2 aromatic carbocycles. The van der Waals surface area contributed by atoms with Gasteiger partial charge in [-0.05, 0) is 41.8 Å². The smallest absolute Gasteiger partial charge is 0.261 e. The molecule has 0 atom stereocenters. The van der Waals surface area contributed by atoms with Crippen molar-refractivity contribution in [2.45, 2.75) is 31.6 Å². The molecular weight excluding hydrogens is 437 g/mol. The summed E-state index contributed by atoms with van der Waals surface area (Å²) in [6.45, 7) is 3.80. The summed E-state index contributed by atoms with van der Waals surface area (Å²) in [7, 11) is -3.84. The Balaban J connectivity index is 1.95. The number of sulfonamides is 1. The number of rotatable bonds is 7. The van der Waals surface area contributed by atoms with E-state index in [4.69, 9.17) is 23.2 Å². The molecule has 0 aliphatic carbocycles. The minimum atomic E-state index is -3.84. The van der Waals surface area contributed by atoms with Crippen LogP contribution in [-0.2, 0) is 26.0 Å². The Bertz CT molecular complexity index is 993. The highest BCUT2D eigenvalue weighted by molar-refractivity contribution is 7.92. The lowest BCUT2D eigenvalue weighted by Gasteiger charge is -2.10. The zero-order valence-electron chi connectivity index (χ0n) is 15.8. The lowest BCUT2D eigenvalue weighted by molar-refractivity contribution is -0.129. The number of benzene rings is 2.